The number of nitrogens with one attached hydrogen (secondary N) is 1. The zero-order valence-corrected chi connectivity index (χ0v) is 14.0. The summed E-state index contributed by atoms with van der Waals surface area (Å²) >= 11 is 3.17. The number of carbonyl (C=O) groups is 1. The molecule has 0 unspecified atom stereocenters. The summed E-state index contributed by atoms with van der Waals surface area (Å²) in [5.74, 6) is 1.49. The van der Waals surface area contributed by atoms with E-state index >= 15 is 0 Å². The molecule has 0 aromatic carbocycles. The Hall–Kier alpha value is -1.02. The van der Waals surface area contributed by atoms with Crippen molar-refractivity contribution in [3.63, 3.8) is 0 Å². The van der Waals surface area contributed by atoms with E-state index in [-0.39, 0.29) is 18.3 Å². The van der Waals surface area contributed by atoms with Crippen LogP contribution in [0.2, 0.25) is 0 Å². The van der Waals surface area contributed by atoms with E-state index in [2.05, 4.69) is 10.3 Å². The Bertz CT molecular complexity index is 545. The van der Waals surface area contributed by atoms with Crippen LogP contribution in [-0.2, 0) is 11.3 Å². The van der Waals surface area contributed by atoms with Gasteiger partial charge in [0.15, 0.2) is 10.8 Å². The minimum Gasteiger partial charge on any atom is -0.462 e. The first kappa shape index (κ1) is 18.0. The van der Waals surface area contributed by atoms with Crippen molar-refractivity contribution >= 4 is 41.4 Å². The van der Waals surface area contributed by atoms with Gasteiger partial charge in [0, 0.05) is 5.38 Å². The van der Waals surface area contributed by atoms with Crippen LogP contribution in [0.4, 0.5) is 0 Å². The van der Waals surface area contributed by atoms with E-state index < -0.39 is 6.04 Å². The van der Waals surface area contributed by atoms with Crippen LogP contribution in [0.25, 0.3) is 10.8 Å². The van der Waals surface area contributed by atoms with Crippen LogP contribution in [0.3, 0.4) is 0 Å². The number of nitrogens with two attached hydrogens (primary N) is 1. The Labute approximate surface area is 138 Å². The first-order chi connectivity index (χ1) is 9.70. The molecule has 0 spiro atoms. The number of halogens is 1. The van der Waals surface area contributed by atoms with Crippen molar-refractivity contribution in [1.29, 1.82) is 0 Å². The molecule has 3 N–H and O–H groups in total. The van der Waals surface area contributed by atoms with Gasteiger partial charge < -0.3 is 15.5 Å². The quantitative estimate of drug-likeness (QED) is 0.804. The standard InChI is InChI=1S/C13H17N3O2S2.ClH/c1-19-6-4-10(14)12(17)15-7-9-8-20-13(16-9)11-3-2-5-18-11;/h2-3,5,8,10H,4,6-7,14H2,1H3,(H,15,17);1H/t10-;/m0./s1. The zero-order chi connectivity index (χ0) is 14.4. The van der Waals surface area contributed by atoms with Crippen LogP contribution in [0.1, 0.15) is 12.1 Å². The first-order valence-corrected chi connectivity index (χ1v) is 8.48. The Morgan fingerprint density at radius 3 is 3.10 bits per heavy atom. The molecule has 0 bridgehead atoms. The van der Waals surface area contributed by atoms with Gasteiger partial charge in [-0.2, -0.15) is 11.8 Å². The minimum absolute atomic E-state index is 0. The van der Waals surface area contributed by atoms with Gasteiger partial charge in [-0.05, 0) is 30.6 Å². The molecule has 0 radical (unpaired) electrons. The Morgan fingerprint density at radius 1 is 1.62 bits per heavy atom. The third kappa shape index (κ3) is 5.35. The van der Waals surface area contributed by atoms with E-state index in [0.717, 1.165) is 22.2 Å². The van der Waals surface area contributed by atoms with E-state index in [9.17, 15) is 4.79 Å². The number of carbonyl (C=O) groups excluding carboxylic acids is 1. The average Bonchev–Trinajstić information content (AvgIpc) is 3.12. The number of hydrogen-bond donors (Lipinski definition) is 2. The van der Waals surface area contributed by atoms with Gasteiger partial charge in [-0.1, -0.05) is 0 Å². The molecule has 5 nitrogen and oxygen atoms in total. The molecule has 0 saturated heterocycles. The van der Waals surface area contributed by atoms with Crippen LogP contribution in [0, 0.1) is 0 Å². The van der Waals surface area contributed by atoms with E-state index in [1.54, 1.807) is 18.0 Å². The van der Waals surface area contributed by atoms with Crippen molar-refractivity contribution in [3.8, 4) is 10.8 Å². The smallest absolute Gasteiger partial charge is 0.237 e. The molecule has 0 saturated carbocycles. The van der Waals surface area contributed by atoms with Crippen LogP contribution in [-0.4, -0.2) is 28.9 Å². The van der Waals surface area contributed by atoms with Crippen molar-refractivity contribution in [2.24, 2.45) is 5.73 Å². The first-order valence-electron chi connectivity index (χ1n) is 6.21. The molecule has 1 atom stereocenters. The maximum atomic E-state index is 11.8. The number of amides is 1. The molecule has 116 valence electrons. The largest absolute Gasteiger partial charge is 0.462 e. The molecule has 2 rings (SSSR count). The molecule has 2 heterocycles. The SMILES string of the molecule is CSCC[C@H](N)C(=O)NCc1csc(-c2ccco2)n1.Cl. The second kappa shape index (κ2) is 9.09. The highest BCUT2D eigenvalue weighted by Gasteiger charge is 2.13. The summed E-state index contributed by atoms with van der Waals surface area (Å²) in [7, 11) is 0. The normalized spacial score (nSPS) is 11.7. The monoisotopic (exact) mass is 347 g/mol. The lowest BCUT2D eigenvalue weighted by Crippen LogP contribution is -2.40. The Balaban J connectivity index is 0.00000220. The second-order valence-electron chi connectivity index (χ2n) is 4.23. The lowest BCUT2D eigenvalue weighted by molar-refractivity contribution is -0.122. The average molecular weight is 348 g/mol. The second-order valence-corrected chi connectivity index (χ2v) is 6.07. The number of nitrogens with zero attached hydrogens (tertiary/aromatic N) is 1. The predicted octanol–water partition coefficient (Wildman–Crippen LogP) is 2.52. The summed E-state index contributed by atoms with van der Waals surface area (Å²) in [6, 6.07) is 3.23. The van der Waals surface area contributed by atoms with Crippen molar-refractivity contribution in [3.05, 3.63) is 29.5 Å². The van der Waals surface area contributed by atoms with Gasteiger partial charge in [0.25, 0.3) is 0 Å². The lowest BCUT2D eigenvalue weighted by atomic mass is 10.2. The van der Waals surface area contributed by atoms with E-state index in [4.69, 9.17) is 10.2 Å². The topological polar surface area (TPSA) is 81.2 Å². The van der Waals surface area contributed by atoms with E-state index in [0.29, 0.717) is 13.0 Å². The van der Waals surface area contributed by atoms with Gasteiger partial charge in [-0.25, -0.2) is 4.98 Å². The van der Waals surface area contributed by atoms with Gasteiger partial charge in [-0.15, -0.1) is 23.7 Å². The van der Waals surface area contributed by atoms with Crippen LogP contribution in [0.15, 0.2) is 28.2 Å². The van der Waals surface area contributed by atoms with Crippen LogP contribution < -0.4 is 11.1 Å². The molecule has 2 aromatic rings. The maximum Gasteiger partial charge on any atom is 0.237 e. The highest BCUT2D eigenvalue weighted by Crippen LogP contribution is 2.23. The number of aromatic nitrogens is 1. The highest BCUT2D eigenvalue weighted by atomic mass is 35.5. The van der Waals surface area contributed by atoms with Gasteiger partial charge in [0.2, 0.25) is 5.91 Å². The van der Waals surface area contributed by atoms with Crippen molar-refractivity contribution < 1.29 is 9.21 Å². The van der Waals surface area contributed by atoms with Crippen LogP contribution >= 0.6 is 35.5 Å². The number of thioether (sulfide) groups is 1. The van der Waals surface area contributed by atoms with Crippen molar-refractivity contribution in [2.75, 3.05) is 12.0 Å². The lowest BCUT2D eigenvalue weighted by Gasteiger charge is -2.10. The highest BCUT2D eigenvalue weighted by molar-refractivity contribution is 7.98. The van der Waals surface area contributed by atoms with Crippen molar-refractivity contribution in [2.45, 2.75) is 19.0 Å². The summed E-state index contributed by atoms with van der Waals surface area (Å²) < 4.78 is 5.28. The van der Waals surface area contributed by atoms with E-state index in [1.165, 1.54) is 11.3 Å². The molecular weight excluding hydrogens is 330 g/mol. The summed E-state index contributed by atoms with van der Waals surface area (Å²) in [6.07, 6.45) is 4.29. The summed E-state index contributed by atoms with van der Waals surface area (Å²) in [4.78, 5) is 16.2. The maximum absolute atomic E-state index is 11.8. The van der Waals surface area contributed by atoms with Gasteiger partial charge in [-0.3, -0.25) is 4.79 Å². The zero-order valence-electron chi connectivity index (χ0n) is 11.6. The molecular formula is C13H18ClN3O2S2. The van der Waals surface area contributed by atoms with Gasteiger partial charge >= 0.3 is 0 Å². The molecule has 1 amide bonds. The molecule has 0 aliphatic heterocycles. The molecule has 0 fully saturated rings. The Morgan fingerprint density at radius 2 is 2.43 bits per heavy atom. The fraction of sp³-hybridized carbons (Fsp3) is 0.385. The molecule has 0 aliphatic rings. The summed E-state index contributed by atoms with van der Waals surface area (Å²) in [5, 5.41) is 5.53. The molecule has 8 heteroatoms. The van der Waals surface area contributed by atoms with E-state index in [1.807, 2.05) is 23.8 Å². The number of thiazole rings is 1. The Kier molecular flexibility index (Phi) is 7.81. The summed E-state index contributed by atoms with van der Waals surface area (Å²) in [5.41, 5.74) is 6.60. The fourth-order valence-electron chi connectivity index (χ4n) is 1.59. The number of rotatable bonds is 7. The summed E-state index contributed by atoms with van der Waals surface area (Å²) in [6.45, 7) is 0.392. The predicted molar refractivity (Wildman–Crippen MR) is 89.9 cm³/mol. The van der Waals surface area contributed by atoms with Crippen molar-refractivity contribution in [1.82, 2.24) is 10.3 Å². The molecule has 0 aliphatic carbocycles. The third-order valence-electron chi connectivity index (χ3n) is 2.70. The number of hydrogen-bond acceptors (Lipinski definition) is 6. The van der Waals surface area contributed by atoms with Crippen LogP contribution in [0.5, 0.6) is 0 Å². The molecule has 2 aromatic heterocycles. The minimum atomic E-state index is -0.453. The fourth-order valence-corrected chi connectivity index (χ4v) is 2.86. The van der Waals surface area contributed by atoms with Gasteiger partial charge in [0.1, 0.15) is 0 Å². The third-order valence-corrected chi connectivity index (χ3v) is 4.25. The number of furan rings is 1. The molecule has 21 heavy (non-hydrogen) atoms. The van der Waals surface area contributed by atoms with Gasteiger partial charge in [0.05, 0.1) is 24.5 Å².